The third-order valence-corrected chi connectivity index (χ3v) is 25.9. The van der Waals surface area contributed by atoms with Crippen LogP contribution in [-0.4, -0.2) is 626 Å². The summed E-state index contributed by atoms with van der Waals surface area (Å²) in [4.78, 5) is 38.4. The highest BCUT2D eigenvalue weighted by Crippen LogP contribution is 2.42. The number of rotatable bonds is 39. The Labute approximate surface area is 792 Å². The lowest BCUT2D eigenvalue weighted by Crippen LogP contribution is -2.69. The number of nitrogens with one attached hydrogen (secondary N) is 3. The van der Waals surface area contributed by atoms with Crippen LogP contribution in [0.15, 0.2) is 0 Å². The largest absolute Gasteiger partial charge is 0.394 e. The zero-order valence-electron chi connectivity index (χ0n) is 75.3. The van der Waals surface area contributed by atoms with E-state index in [9.17, 15) is 188 Å². The summed E-state index contributed by atoms with van der Waals surface area (Å²) in [6.07, 6.45) is -118. The van der Waals surface area contributed by atoms with Crippen molar-refractivity contribution in [3.8, 4) is 0 Å². The SMILES string of the molecule is CC(=O)N[C@H]1[C@H](OC[C@H]2O[C@@H](O[C@@H]([C@@H](O)[C@H](O)CO[C@@H]3O[C@H](CO)[C@@H](O)[C@H](O)[C@H]3NC(C)=O)[C@H](CO)NC(C)=O)[C@H](O)[C@@H](O[C@@H]3O[C@H](CO)[C@H](O[C@H]4O[C@H](CO)[C@H](O)[C@H](O[C@H]5O[C@H](CO)[C@H](O)[C@H](O)[C@H]5O[C@@H]5O[C@@H](C)[C@@H](O)[C@@H](O)[C@@H]5O)[C@H]4O)[C@H](O)[C@H]3O)[C@H]2O)O[C@H](CO)[C@@H](O[C@@H]2O[C@H](CO)[C@H](O[C@H]3O[C@H](CO)[C@H](O)[C@H](O[C@H]4O[C@H](CO)[C@H](O)[C@H](O)[C@H]4O[C@@H]4O[C@@H](C)[C@@H](O)[C@@H](O)[C@@H]4O)[C@H]3O)[C@H](O)[C@H]2O)[C@@H]1O. The zero-order chi connectivity index (χ0) is 103. The molecule has 814 valence electrons. The minimum atomic E-state index is -2.64. The summed E-state index contributed by atoms with van der Waals surface area (Å²) in [7, 11) is 0. The molecular weight excluding hydrogens is 1920 g/mol. The van der Waals surface area contributed by atoms with Crippen molar-refractivity contribution < 1.29 is 292 Å². The maximum atomic E-state index is 13.2. The molecular formula is C78H133N3O59. The van der Waals surface area contributed by atoms with E-state index in [1.54, 1.807) is 0 Å². The Balaban J connectivity index is 0.830. The third kappa shape index (κ3) is 25.7. The van der Waals surface area contributed by atoms with Gasteiger partial charge in [0.05, 0.1) is 90.9 Å². The standard InChI is InChI=1S/C78H133N3O59/c1-17-35(95)46(106)52(112)70(121-17)139-66-48(108)39(99)25(8-84)126-77(66)137-63-41(101)27(10-86)124-74(56(63)116)134-61-30(13-89)129-72(54(114)50(61)110)133-60-29(12-88)128-69(34(45(60)105)81-21(5)93)120-16-32-43(103)65(58(118)76(131-32)132-59(22(6-82)79-19(3)91)37(97)23(94)15-119-68-33(80-20(4)92)44(104)38(98)24(7-83)123-68)136-73-55(115)51(111)62(31(14-90)130-73)135-75-57(117)64(42(102)28(11-87)125-75)138-78-67(49(109)40(100)26(9-85)127-78)140-71-53(113)47(107)36(96)18(2)122-71/h17-18,22-78,82-90,94-118H,6-16H2,1-5H3,(H,79,91)(H,80,92)(H,81,93)/t17-,18-,22-,23+,24+,25+,26+,27+,28+,29+,30+,31+,32+,33+,34+,35+,36+,37-,38+,39-,40-,41-,42-,43-,44+,45+,46+,47+,48-,49-,50+,51+,52-,53-,54+,55+,56+,57+,58+,59+,60+,61-,62-,63-,64-,65-,66+,67+,68+,69+,70-,71-,72-,73-,74+,75+,76-,77+,78+/m0/s1. The first kappa shape index (κ1) is 116. The molecule has 11 heterocycles. The molecule has 0 aromatic heterocycles. The van der Waals surface area contributed by atoms with E-state index < -0.39 is 452 Å². The zero-order valence-corrected chi connectivity index (χ0v) is 75.3. The van der Waals surface area contributed by atoms with Gasteiger partial charge in [0.25, 0.3) is 0 Å². The Morgan fingerprint density at radius 3 is 0.929 bits per heavy atom. The number of hydrogen-bond acceptors (Lipinski definition) is 59. The fourth-order valence-electron chi connectivity index (χ4n) is 17.9. The predicted octanol–water partition coefficient (Wildman–Crippen LogP) is -25.0. The summed E-state index contributed by atoms with van der Waals surface area (Å²) in [5.41, 5.74) is 0. The monoisotopic (exact) mass is 2060 g/mol. The van der Waals surface area contributed by atoms with Gasteiger partial charge in [-0.2, -0.15) is 0 Å². The Hall–Kier alpha value is -3.83. The van der Waals surface area contributed by atoms with Gasteiger partial charge in [-0.05, 0) is 13.8 Å². The molecule has 0 radical (unpaired) electrons. The minimum Gasteiger partial charge on any atom is -0.394 e. The van der Waals surface area contributed by atoms with Crippen LogP contribution in [0, 0.1) is 0 Å². The van der Waals surface area contributed by atoms with Gasteiger partial charge in [-0.3, -0.25) is 14.4 Å². The lowest BCUT2D eigenvalue weighted by molar-refractivity contribution is -0.400. The number of carbonyl (C=O) groups is 3. The van der Waals surface area contributed by atoms with E-state index in [1.165, 1.54) is 13.8 Å². The van der Waals surface area contributed by atoms with Crippen LogP contribution in [0.2, 0.25) is 0 Å². The van der Waals surface area contributed by atoms with Crippen LogP contribution in [0.5, 0.6) is 0 Å². The predicted molar refractivity (Wildman–Crippen MR) is 429 cm³/mol. The van der Waals surface area contributed by atoms with Crippen LogP contribution in [0.25, 0.3) is 0 Å². The molecule has 62 heteroatoms. The molecule has 0 aromatic rings. The van der Waals surface area contributed by atoms with Crippen LogP contribution in [0.4, 0.5) is 0 Å². The number of aliphatic hydroxyl groups is 34. The van der Waals surface area contributed by atoms with Gasteiger partial charge in [0.15, 0.2) is 69.2 Å². The van der Waals surface area contributed by atoms with Crippen molar-refractivity contribution in [2.24, 2.45) is 0 Å². The molecule has 11 rings (SSSR count). The molecule has 0 aliphatic carbocycles. The first-order chi connectivity index (χ1) is 66.2. The van der Waals surface area contributed by atoms with Crippen LogP contribution < -0.4 is 16.0 Å². The summed E-state index contributed by atoms with van der Waals surface area (Å²) in [6.45, 7) is -7.47. The quantitative estimate of drug-likeness (QED) is 0.0272. The Bertz CT molecular complexity index is 3770. The number of amides is 3. The molecule has 0 aromatic carbocycles. The lowest BCUT2D eigenvalue weighted by Gasteiger charge is -2.50. The van der Waals surface area contributed by atoms with Crippen molar-refractivity contribution >= 4 is 17.7 Å². The third-order valence-electron chi connectivity index (χ3n) is 25.9. The summed E-state index contributed by atoms with van der Waals surface area (Å²) in [5.74, 6) is -2.84. The lowest BCUT2D eigenvalue weighted by atomic mass is 9.94. The fourth-order valence-corrected chi connectivity index (χ4v) is 17.9. The summed E-state index contributed by atoms with van der Waals surface area (Å²) in [5, 5.41) is 387. The van der Waals surface area contributed by atoms with Gasteiger partial charge in [0.2, 0.25) is 17.7 Å². The van der Waals surface area contributed by atoms with E-state index in [0.29, 0.717) is 0 Å². The van der Waals surface area contributed by atoms with E-state index in [-0.39, 0.29) is 0 Å². The van der Waals surface area contributed by atoms with Crippen molar-refractivity contribution in [1.29, 1.82) is 0 Å². The van der Waals surface area contributed by atoms with Crippen molar-refractivity contribution in [2.45, 2.75) is 397 Å². The average molecular weight is 2060 g/mol. The summed E-state index contributed by atoms with van der Waals surface area (Å²) < 4.78 is 128. The normalized spacial score (nSPS) is 49.2. The van der Waals surface area contributed by atoms with Gasteiger partial charge >= 0.3 is 0 Å². The average Bonchev–Trinajstić information content (AvgIpc) is 0.766. The highest BCUT2D eigenvalue weighted by molar-refractivity contribution is 5.74. The van der Waals surface area contributed by atoms with Gasteiger partial charge < -0.3 is 294 Å². The Morgan fingerprint density at radius 1 is 0.264 bits per heavy atom. The molecule has 0 saturated carbocycles. The molecule has 0 bridgehead atoms. The first-order valence-electron chi connectivity index (χ1n) is 44.8. The second-order valence-corrected chi connectivity index (χ2v) is 35.6. The molecule has 140 heavy (non-hydrogen) atoms. The van der Waals surface area contributed by atoms with E-state index in [1.807, 2.05) is 0 Å². The highest BCUT2D eigenvalue weighted by atomic mass is 16.8. The van der Waals surface area contributed by atoms with Gasteiger partial charge in [0.1, 0.15) is 275 Å². The van der Waals surface area contributed by atoms with Gasteiger partial charge in [0, 0.05) is 20.8 Å². The molecule has 37 N–H and O–H groups in total. The molecule has 11 aliphatic rings. The molecule has 3 amide bonds. The number of hydrogen-bond donors (Lipinski definition) is 37. The number of carbonyl (C=O) groups excluding carboxylic acids is 3. The molecule has 59 atom stereocenters. The van der Waals surface area contributed by atoms with E-state index in [4.69, 9.17) is 104 Å². The summed E-state index contributed by atoms with van der Waals surface area (Å²) >= 11 is 0. The van der Waals surface area contributed by atoms with E-state index in [0.717, 1.165) is 20.8 Å². The maximum Gasteiger partial charge on any atom is 0.217 e. The Kier molecular flexibility index (Phi) is 42.5. The van der Waals surface area contributed by atoms with Crippen LogP contribution in [0.1, 0.15) is 34.6 Å². The van der Waals surface area contributed by atoms with Gasteiger partial charge in [-0.25, -0.2) is 0 Å². The van der Waals surface area contributed by atoms with Crippen molar-refractivity contribution in [2.75, 3.05) is 72.7 Å². The van der Waals surface area contributed by atoms with E-state index in [2.05, 4.69) is 16.0 Å². The van der Waals surface area contributed by atoms with Crippen LogP contribution >= 0.6 is 0 Å². The van der Waals surface area contributed by atoms with Gasteiger partial charge in [-0.1, -0.05) is 0 Å². The summed E-state index contributed by atoms with van der Waals surface area (Å²) in [6, 6.07) is -5.62. The van der Waals surface area contributed by atoms with E-state index >= 15 is 0 Å². The highest BCUT2D eigenvalue weighted by Gasteiger charge is 2.63. The second kappa shape index (κ2) is 51.1. The second-order valence-electron chi connectivity index (χ2n) is 35.6. The maximum absolute atomic E-state index is 13.2. The molecule has 0 unspecified atom stereocenters. The van der Waals surface area contributed by atoms with Crippen LogP contribution in [-0.2, 0) is 119 Å². The first-order valence-corrected chi connectivity index (χ1v) is 44.8. The molecule has 0 spiro atoms. The van der Waals surface area contributed by atoms with Crippen LogP contribution in [0.3, 0.4) is 0 Å². The minimum absolute atomic E-state index is 0.830. The number of ether oxygens (including phenoxy) is 22. The molecule has 11 saturated heterocycles. The fraction of sp³-hybridized carbons (Fsp3) is 0.962. The smallest absolute Gasteiger partial charge is 0.217 e. The molecule has 11 fully saturated rings. The van der Waals surface area contributed by atoms with Crippen molar-refractivity contribution in [3.63, 3.8) is 0 Å². The topological polar surface area (TPSA) is 978 Å². The molecule has 11 aliphatic heterocycles. The molecule has 62 nitrogen and oxygen atoms in total. The van der Waals surface area contributed by atoms with Crippen molar-refractivity contribution in [1.82, 2.24) is 16.0 Å². The Morgan fingerprint density at radius 2 is 0.543 bits per heavy atom. The number of aliphatic hydroxyl groups excluding tert-OH is 34. The van der Waals surface area contributed by atoms with Crippen molar-refractivity contribution in [3.05, 3.63) is 0 Å². The van der Waals surface area contributed by atoms with Gasteiger partial charge in [-0.15, -0.1) is 0 Å².